The fourth-order valence-corrected chi connectivity index (χ4v) is 4.88. The first-order valence-corrected chi connectivity index (χ1v) is 14.4. The van der Waals surface area contributed by atoms with E-state index < -0.39 is 45.7 Å². The zero-order valence-electron chi connectivity index (χ0n) is 20.9. The quantitative estimate of drug-likeness (QED) is 0.279. The zero-order chi connectivity index (χ0) is 27.8. The van der Waals surface area contributed by atoms with Crippen molar-refractivity contribution in [3.63, 3.8) is 0 Å². The van der Waals surface area contributed by atoms with Crippen LogP contribution in [0.4, 0.5) is 0 Å². The summed E-state index contributed by atoms with van der Waals surface area (Å²) in [7, 11) is -7.99. The van der Waals surface area contributed by atoms with Gasteiger partial charge in [-0.2, -0.15) is 16.8 Å². The van der Waals surface area contributed by atoms with Crippen molar-refractivity contribution in [1.29, 1.82) is 0 Å². The van der Waals surface area contributed by atoms with E-state index in [1.165, 1.54) is 24.3 Å². The van der Waals surface area contributed by atoms with Crippen LogP contribution in [-0.2, 0) is 28.6 Å². The van der Waals surface area contributed by atoms with Gasteiger partial charge in [-0.05, 0) is 62.4 Å². The van der Waals surface area contributed by atoms with Gasteiger partial charge in [-0.25, -0.2) is 0 Å². The second-order valence-corrected chi connectivity index (χ2v) is 11.7. The molecule has 206 valence electrons. The Morgan fingerprint density at radius 3 is 1.18 bits per heavy atom. The van der Waals surface area contributed by atoms with E-state index in [4.69, 9.17) is 17.8 Å². The van der Waals surface area contributed by atoms with Crippen molar-refractivity contribution in [3.8, 4) is 11.5 Å². The number of ether oxygens (including phenoxy) is 2. The molecule has 10 nitrogen and oxygen atoms in total. The van der Waals surface area contributed by atoms with Crippen molar-refractivity contribution in [1.82, 2.24) is 0 Å². The molecule has 0 aromatic heterocycles. The molecule has 0 saturated heterocycles. The van der Waals surface area contributed by atoms with E-state index in [-0.39, 0.29) is 23.0 Å². The minimum absolute atomic E-state index is 0.00335. The molecule has 0 unspecified atom stereocenters. The maximum absolute atomic E-state index is 12.2. The molecule has 0 aliphatic heterocycles. The molecule has 0 spiro atoms. The van der Waals surface area contributed by atoms with Crippen LogP contribution in [0.2, 0.25) is 0 Å². The summed E-state index contributed by atoms with van der Waals surface area (Å²) in [4.78, 5) is -0.00670. The molecular formula is C26H30O10S2. The Hall–Kier alpha value is -3.00. The third-order valence-corrected chi connectivity index (χ3v) is 7.75. The molecule has 0 saturated carbocycles. The van der Waals surface area contributed by atoms with Crippen LogP contribution < -0.4 is 9.47 Å². The SMILES string of the molecule is Cc1ccc(S(=O)(=O)OC[C@H](O)COc2ccc(OC[C@@H](O)COS(=O)(=O)c3ccc(C)cc3)cc2)cc1. The fourth-order valence-electron chi connectivity index (χ4n) is 3.00. The Kier molecular flexibility index (Phi) is 10.3. The predicted molar refractivity (Wildman–Crippen MR) is 138 cm³/mol. The van der Waals surface area contributed by atoms with Crippen LogP contribution in [0.3, 0.4) is 0 Å². The van der Waals surface area contributed by atoms with Crippen molar-refractivity contribution in [2.75, 3.05) is 26.4 Å². The summed E-state index contributed by atoms with van der Waals surface area (Å²) in [5.74, 6) is 0.761. The van der Waals surface area contributed by atoms with E-state index >= 15 is 0 Å². The van der Waals surface area contributed by atoms with E-state index in [2.05, 4.69) is 0 Å². The van der Waals surface area contributed by atoms with Crippen molar-refractivity contribution < 1.29 is 44.9 Å². The standard InChI is InChI=1S/C26H30O10S2/c1-19-3-11-25(12-4-19)37(29,30)35-17-21(27)15-33-23-7-9-24(10-8-23)34-16-22(28)18-36-38(31,32)26-13-5-20(2)6-14-26/h3-14,21-22,27-28H,15-18H2,1-2H3/t21-,22-/m1/s1. The highest BCUT2D eigenvalue weighted by Gasteiger charge is 2.19. The average Bonchev–Trinajstić information content (AvgIpc) is 2.89. The Bertz CT molecular complexity index is 1260. The van der Waals surface area contributed by atoms with Gasteiger partial charge in [0.25, 0.3) is 20.2 Å². The van der Waals surface area contributed by atoms with Crippen LogP contribution in [0.15, 0.2) is 82.6 Å². The maximum Gasteiger partial charge on any atom is 0.297 e. The number of hydrogen-bond acceptors (Lipinski definition) is 10. The van der Waals surface area contributed by atoms with Gasteiger partial charge < -0.3 is 19.7 Å². The van der Waals surface area contributed by atoms with Gasteiger partial charge in [0.05, 0.1) is 23.0 Å². The van der Waals surface area contributed by atoms with Crippen LogP contribution in [0.5, 0.6) is 11.5 Å². The third kappa shape index (κ3) is 9.08. The molecule has 2 atom stereocenters. The highest BCUT2D eigenvalue weighted by atomic mass is 32.2. The molecule has 12 heteroatoms. The zero-order valence-corrected chi connectivity index (χ0v) is 22.5. The summed E-state index contributed by atoms with van der Waals surface area (Å²) in [6.07, 6.45) is -2.39. The predicted octanol–water partition coefficient (Wildman–Crippen LogP) is 2.59. The van der Waals surface area contributed by atoms with Crippen LogP contribution in [0.1, 0.15) is 11.1 Å². The Balaban J connectivity index is 1.38. The number of aliphatic hydroxyl groups excluding tert-OH is 2. The molecule has 3 aromatic carbocycles. The second kappa shape index (κ2) is 13.2. The Morgan fingerprint density at radius 2 is 0.868 bits per heavy atom. The molecular weight excluding hydrogens is 536 g/mol. The van der Waals surface area contributed by atoms with Crippen molar-refractivity contribution in [2.45, 2.75) is 35.8 Å². The van der Waals surface area contributed by atoms with Gasteiger partial charge in [0.2, 0.25) is 0 Å². The van der Waals surface area contributed by atoms with E-state index in [1.54, 1.807) is 48.5 Å². The molecule has 3 aromatic rings. The summed E-state index contributed by atoms with van der Waals surface area (Å²) < 4.78 is 69.5. The number of hydrogen-bond donors (Lipinski definition) is 2. The molecule has 2 N–H and O–H groups in total. The molecule has 0 bridgehead atoms. The molecule has 0 fully saturated rings. The van der Waals surface area contributed by atoms with Crippen LogP contribution in [-0.4, -0.2) is 65.7 Å². The van der Waals surface area contributed by atoms with E-state index in [9.17, 15) is 27.0 Å². The highest BCUT2D eigenvalue weighted by molar-refractivity contribution is 7.87. The lowest BCUT2D eigenvalue weighted by molar-refractivity contribution is 0.0635. The number of benzene rings is 3. The van der Waals surface area contributed by atoms with Crippen LogP contribution in [0, 0.1) is 13.8 Å². The fraction of sp³-hybridized carbons (Fsp3) is 0.308. The number of aliphatic hydroxyl groups is 2. The van der Waals surface area contributed by atoms with Crippen molar-refractivity contribution in [3.05, 3.63) is 83.9 Å². The lowest BCUT2D eigenvalue weighted by atomic mass is 10.2. The first-order valence-electron chi connectivity index (χ1n) is 11.6. The van der Waals surface area contributed by atoms with Gasteiger partial charge in [-0.1, -0.05) is 35.4 Å². The Labute approximate surface area is 222 Å². The summed E-state index contributed by atoms with van der Waals surface area (Å²) in [5, 5.41) is 20.1. The summed E-state index contributed by atoms with van der Waals surface area (Å²) in [6.45, 7) is 2.29. The van der Waals surface area contributed by atoms with Gasteiger partial charge in [-0.15, -0.1) is 0 Å². The molecule has 3 rings (SSSR count). The topological polar surface area (TPSA) is 146 Å². The van der Waals surface area contributed by atoms with E-state index in [0.29, 0.717) is 11.5 Å². The average molecular weight is 567 g/mol. The minimum atomic E-state index is -4.00. The van der Waals surface area contributed by atoms with Gasteiger partial charge in [0.1, 0.15) is 36.9 Å². The van der Waals surface area contributed by atoms with E-state index in [1.807, 2.05) is 13.8 Å². The van der Waals surface area contributed by atoms with Gasteiger partial charge in [0.15, 0.2) is 0 Å². The lowest BCUT2D eigenvalue weighted by Gasteiger charge is -2.14. The molecule has 0 amide bonds. The monoisotopic (exact) mass is 566 g/mol. The van der Waals surface area contributed by atoms with Crippen LogP contribution in [0.25, 0.3) is 0 Å². The normalized spacial score (nSPS) is 13.6. The maximum atomic E-state index is 12.2. The van der Waals surface area contributed by atoms with Gasteiger partial charge in [0, 0.05) is 0 Å². The summed E-state index contributed by atoms with van der Waals surface area (Å²) in [6, 6.07) is 18.5. The lowest BCUT2D eigenvalue weighted by Crippen LogP contribution is -2.25. The Morgan fingerprint density at radius 1 is 0.553 bits per heavy atom. The number of rotatable bonds is 14. The minimum Gasteiger partial charge on any atom is -0.491 e. The largest absolute Gasteiger partial charge is 0.491 e. The first kappa shape index (κ1) is 29.6. The summed E-state index contributed by atoms with van der Waals surface area (Å²) in [5.41, 5.74) is 1.81. The molecule has 0 heterocycles. The van der Waals surface area contributed by atoms with Gasteiger partial charge >= 0.3 is 0 Å². The van der Waals surface area contributed by atoms with Crippen LogP contribution >= 0.6 is 0 Å². The number of aryl methyl sites for hydroxylation is 2. The molecule has 0 aliphatic carbocycles. The highest BCUT2D eigenvalue weighted by Crippen LogP contribution is 2.19. The first-order chi connectivity index (χ1) is 17.9. The third-order valence-electron chi connectivity index (χ3n) is 5.16. The molecule has 0 aliphatic rings. The van der Waals surface area contributed by atoms with Crippen molar-refractivity contribution >= 4 is 20.2 Å². The summed E-state index contributed by atoms with van der Waals surface area (Å²) >= 11 is 0. The van der Waals surface area contributed by atoms with Crippen molar-refractivity contribution in [2.24, 2.45) is 0 Å². The second-order valence-electron chi connectivity index (χ2n) is 8.50. The molecule has 38 heavy (non-hydrogen) atoms. The molecule has 0 radical (unpaired) electrons. The van der Waals surface area contributed by atoms with E-state index in [0.717, 1.165) is 11.1 Å². The smallest absolute Gasteiger partial charge is 0.297 e. The van der Waals surface area contributed by atoms with Gasteiger partial charge in [-0.3, -0.25) is 8.37 Å².